The van der Waals surface area contributed by atoms with E-state index in [2.05, 4.69) is 5.32 Å². The van der Waals surface area contributed by atoms with Crippen LogP contribution < -0.4 is 14.4 Å². The molecule has 0 aliphatic heterocycles. The van der Waals surface area contributed by atoms with Gasteiger partial charge < -0.3 is 15.0 Å². The van der Waals surface area contributed by atoms with Gasteiger partial charge in [-0.25, -0.2) is 8.42 Å². The molecular weight excluding hydrogens is 502 g/mol. The predicted octanol–water partition coefficient (Wildman–Crippen LogP) is 4.14. The number of amides is 2. The SMILES string of the molecule is CCNC(=O)[C@@H](CC)N(Cc1cccc(C)c1)C(=O)CN(c1ccccc1)S(=O)(=O)c1ccc(OC)cc1. The molecule has 0 radical (unpaired) electrons. The number of methoxy groups -OCH3 is 1. The van der Waals surface area contributed by atoms with Gasteiger partial charge in [0.2, 0.25) is 11.8 Å². The van der Waals surface area contributed by atoms with Crippen LogP contribution in [-0.4, -0.2) is 51.4 Å². The maximum Gasteiger partial charge on any atom is 0.264 e. The third kappa shape index (κ3) is 6.92. The van der Waals surface area contributed by atoms with Crippen molar-refractivity contribution in [2.45, 2.75) is 44.7 Å². The summed E-state index contributed by atoms with van der Waals surface area (Å²) in [5.74, 6) is -0.242. The average Bonchev–Trinajstić information content (AvgIpc) is 2.92. The molecule has 0 aliphatic rings. The molecule has 0 unspecified atom stereocenters. The van der Waals surface area contributed by atoms with Crippen molar-refractivity contribution in [3.63, 3.8) is 0 Å². The van der Waals surface area contributed by atoms with Gasteiger partial charge in [-0.15, -0.1) is 0 Å². The molecule has 38 heavy (non-hydrogen) atoms. The monoisotopic (exact) mass is 537 g/mol. The molecule has 3 rings (SSSR count). The van der Waals surface area contributed by atoms with Crippen molar-refractivity contribution in [3.8, 4) is 5.75 Å². The van der Waals surface area contributed by atoms with Gasteiger partial charge in [-0.05, 0) is 62.2 Å². The maximum absolute atomic E-state index is 13.9. The molecule has 0 heterocycles. The number of ether oxygens (including phenoxy) is 1. The standard InChI is InChI=1S/C29H35N3O5S/c1-5-27(29(34)30-6-2)31(20-23-12-10-11-22(3)19-23)28(33)21-32(24-13-8-7-9-14-24)38(35,36)26-17-15-25(37-4)16-18-26/h7-19,27H,5-6,20-21H2,1-4H3,(H,30,34)/t27-/m1/s1. The first kappa shape index (κ1) is 28.7. The predicted molar refractivity (Wildman–Crippen MR) is 148 cm³/mol. The van der Waals surface area contributed by atoms with E-state index in [0.717, 1.165) is 15.4 Å². The summed E-state index contributed by atoms with van der Waals surface area (Å²) >= 11 is 0. The van der Waals surface area contributed by atoms with Crippen LogP contribution in [0.3, 0.4) is 0 Å². The number of nitrogens with zero attached hydrogens (tertiary/aromatic N) is 2. The molecule has 2 amide bonds. The van der Waals surface area contributed by atoms with Crippen LogP contribution in [0.25, 0.3) is 0 Å². The molecule has 1 atom stereocenters. The minimum atomic E-state index is -4.12. The van der Waals surface area contributed by atoms with E-state index in [0.29, 0.717) is 24.4 Å². The fourth-order valence-electron chi connectivity index (χ4n) is 4.22. The highest BCUT2D eigenvalue weighted by Gasteiger charge is 2.33. The molecule has 0 aliphatic carbocycles. The third-order valence-corrected chi connectivity index (χ3v) is 7.93. The highest BCUT2D eigenvalue weighted by molar-refractivity contribution is 7.92. The lowest BCUT2D eigenvalue weighted by Crippen LogP contribution is -2.52. The quantitative estimate of drug-likeness (QED) is 0.375. The second-order valence-electron chi connectivity index (χ2n) is 8.85. The van der Waals surface area contributed by atoms with Crippen LogP contribution in [-0.2, 0) is 26.2 Å². The van der Waals surface area contributed by atoms with Crippen molar-refractivity contribution in [2.24, 2.45) is 0 Å². The molecule has 3 aromatic carbocycles. The Morgan fingerprint density at radius 3 is 2.21 bits per heavy atom. The van der Waals surface area contributed by atoms with Crippen LogP contribution in [0.1, 0.15) is 31.4 Å². The zero-order valence-electron chi connectivity index (χ0n) is 22.3. The smallest absolute Gasteiger partial charge is 0.264 e. The first-order chi connectivity index (χ1) is 18.2. The van der Waals surface area contributed by atoms with Gasteiger partial charge in [0.05, 0.1) is 17.7 Å². The summed E-state index contributed by atoms with van der Waals surface area (Å²) < 4.78 is 33.9. The number of benzene rings is 3. The molecule has 0 bridgehead atoms. The largest absolute Gasteiger partial charge is 0.497 e. The normalized spacial score (nSPS) is 11.9. The number of carbonyl (C=O) groups excluding carboxylic acids is 2. The minimum absolute atomic E-state index is 0.0240. The van der Waals surface area contributed by atoms with Gasteiger partial charge >= 0.3 is 0 Å². The lowest BCUT2D eigenvalue weighted by Gasteiger charge is -2.33. The van der Waals surface area contributed by atoms with Crippen LogP contribution in [0.15, 0.2) is 83.8 Å². The summed E-state index contributed by atoms with van der Waals surface area (Å²) in [6, 6.07) is 21.4. The first-order valence-electron chi connectivity index (χ1n) is 12.6. The number of sulfonamides is 1. The lowest BCUT2D eigenvalue weighted by molar-refractivity contribution is -0.140. The summed E-state index contributed by atoms with van der Waals surface area (Å²) in [5, 5.41) is 2.80. The van der Waals surface area contributed by atoms with Crippen molar-refractivity contribution >= 4 is 27.5 Å². The zero-order valence-corrected chi connectivity index (χ0v) is 23.1. The molecule has 0 aromatic heterocycles. The number of carbonyl (C=O) groups is 2. The van der Waals surface area contributed by atoms with E-state index in [1.54, 1.807) is 42.5 Å². The summed E-state index contributed by atoms with van der Waals surface area (Å²) in [6.07, 6.45) is 0.375. The number of para-hydroxylation sites is 1. The third-order valence-electron chi connectivity index (χ3n) is 6.14. The summed E-state index contributed by atoms with van der Waals surface area (Å²) in [5.41, 5.74) is 2.22. The lowest BCUT2D eigenvalue weighted by atomic mass is 10.1. The molecular formula is C29H35N3O5S. The van der Waals surface area contributed by atoms with Gasteiger partial charge in [-0.2, -0.15) is 0 Å². The number of anilines is 1. The highest BCUT2D eigenvalue weighted by atomic mass is 32.2. The Bertz CT molecular complexity index is 1330. The molecule has 0 saturated heterocycles. The molecule has 8 nitrogen and oxygen atoms in total. The van der Waals surface area contributed by atoms with Crippen molar-refractivity contribution in [1.29, 1.82) is 0 Å². The Morgan fingerprint density at radius 2 is 1.63 bits per heavy atom. The van der Waals surface area contributed by atoms with Crippen LogP contribution in [0.5, 0.6) is 5.75 Å². The fourth-order valence-corrected chi connectivity index (χ4v) is 5.63. The van der Waals surface area contributed by atoms with E-state index >= 15 is 0 Å². The Hall–Kier alpha value is -3.85. The van der Waals surface area contributed by atoms with Crippen LogP contribution in [0.4, 0.5) is 5.69 Å². The highest BCUT2D eigenvalue weighted by Crippen LogP contribution is 2.26. The van der Waals surface area contributed by atoms with Crippen molar-refractivity contribution in [1.82, 2.24) is 10.2 Å². The number of likely N-dealkylation sites (N-methyl/N-ethyl adjacent to an activating group) is 1. The Labute approximate surface area is 225 Å². The summed E-state index contributed by atoms with van der Waals surface area (Å²) in [6.45, 7) is 5.72. The van der Waals surface area contributed by atoms with Crippen LogP contribution in [0.2, 0.25) is 0 Å². The topological polar surface area (TPSA) is 96.0 Å². The van der Waals surface area contributed by atoms with Gasteiger partial charge in [0.1, 0.15) is 18.3 Å². The van der Waals surface area contributed by atoms with E-state index in [9.17, 15) is 18.0 Å². The molecule has 0 fully saturated rings. The van der Waals surface area contributed by atoms with Crippen molar-refractivity contribution < 1.29 is 22.7 Å². The molecule has 1 N–H and O–H groups in total. The zero-order chi connectivity index (χ0) is 27.7. The molecule has 9 heteroatoms. The van der Waals surface area contributed by atoms with Gasteiger partial charge in [0.25, 0.3) is 10.0 Å². The number of hydrogen-bond acceptors (Lipinski definition) is 5. The summed E-state index contributed by atoms with van der Waals surface area (Å²) in [7, 11) is -2.62. The van der Waals surface area contributed by atoms with Crippen LogP contribution in [0, 0.1) is 6.92 Å². The van der Waals surface area contributed by atoms with E-state index in [1.807, 2.05) is 45.0 Å². The number of nitrogens with one attached hydrogen (secondary N) is 1. The number of rotatable bonds is 12. The Balaban J connectivity index is 2.03. The molecule has 3 aromatic rings. The van der Waals surface area contributed by atoms with Gasteiger partial charge in [-0.3, -0.25) is 13.9 Å². The van der Waals surface area contributed by atoms with Crippen molar-refractivity contribution in [2.75, 3.05) is 24.5 Å². The van der Waals surface area contributed by atoms with Gasteiger partial charge in [-0.1, -0.05) is 55.0 Å². The second kappa shape index (κ2) is 13.1. The maximum atomic E-state index is 13.9. The van der Waals surface area contributed by atoms with Crippen molar-refractivity contribution in [3.05, 3.63) is 90.0 Å². The molecule has 0 saturated carbocycles. The molecule has 202 valence electrons. The van der Waals surface area contributed by atoms with Gasteiger partial charge in [0, 0.05) is 13.1 Å². The first-order valence-corrected chi connectivity index (χ1v) is 14.0. The fraction of sp³-hybridized carbons (Fsp3) is 0.310. The van der Waals surface area contributed by atoms with E-state index in [1.165, 1.54) is 24.1 Å². The molecule has 0 spiro atoms. The Morgan fingerprint density at radius 1 is 0.947 bits per heavy atom. The van der Waals surface area contributed by atoms with E-state index in [4.69, 9.17) is 4.74 Å². The number of hydrogen-bond donors (Lipinski definition) is 1. The van der Waals surface area contributed by atoms with Gasteiger partial charge in [0.15, 0.2) is 0 Å². The second-order valence-corrected chi connectivity index (χ2v) is 10.7. The van der Waals surface area contributed by atoms with E-state index in [-0.39, 0.29) is 17.3 Å². The van der Waals surface area contributed by atoms with E-state index < -0.39 is 28.5 Å². The van der Waals surface area contributed by atoms with Crippen LogP contribution >= 0.6 is 0 Å². The number of aryl methyl sites for hydroxylation is 1. The summed E-state index contributed by atoms with van der Waals surface area (Å²) in [4.78, 5) is 28.4. The average molecular weight is 538 g/mol. The Kier molecular flexibility index (Phi) is 9.90. The minimum Gasteiger partial charge on any atom is -0.497 e.